The molecule has 2 amide bonds. The lowest BCUT2D eigenvalue weighted by Gasteiger charge is -2.40. The maximum Gasteiger partial charge on any atom is 0.417 e. The Morgan fingerprint density at radius 2 is 2.05 bits per heavy atom. The van der Waals surface area contributed by atoms with Gasteiger partial charge in [-0.05, 0) is 0 Å². The Bertz CT molecular complexity index is 660. The van der Waals surface area contributed by atoms with Gasteiger partial charge in [0.2, 0.25) is 0 Å². The minimum absolute atomic E-state index is 0.0474. The molecule has 9 nitrogen and oxygen atoms in total. The molecule has 3 heterocycles. The number of aromatic nitrogens is 2. The van der Waals surface area contributed by atoms with Crippen LogP contribution in [0.4, 0.5) is 4.79 Å². The Morgan fingerprint density at radius 3 is 2.55 bits per heavy atom. The van der Waals surface area contributed by atoms with Gasteiger partial charge >= 0.3 is 6.09 Å². The van der Waals surface area contributed by atoms with E-state index in [1.807, 2.05) is 0 Å². The lowest BCUT2D eigenvalue weighted by atomic mass is 10.1. The molecule has 10 heteroatoms. The number of imide groups is 1. The first kappa shape index (κ1) is 13.1. The van der Waals surface area contributed by atoms with E-state index in [0.29, 0.717) is 0 Å². The molecule has 0 aromatic carbocycles. The number of rotatable bonds is 3. The minimum Gasteiger partial charge on any atom is -0.439 e. The molecule has 0 saturated carbocycles. The number of sulfonamides is 1. The first-order chi connectivity index (χ1) is 9.39. The van der Waals surface area contributed by atoms with Gasteiger partial charge in [0.05, 0.1) is 12.4 Å². The summed E-state index contributed by atoms with van der Waals surface area (Å²) in [7, 11) is -2.00. The van der Waals surface area contributed by atoms with E-state index < -0.39 is 28.1 Å². The number of imidazole rings is 1. The quantitative estimate of drug-likeness (QED) is 0.693. The van der Waals surface area contributed by atoms with Crippen LogP contribution in [0.2, 0.25) is 0 Å². The van der Waals surface area contributed by atoms with E-state index in [1.165, 1.54) is 21.4 Å². The number of hydrogen-bond acceptors (Lipinski definition) is 6. The number of carbonyl (C=O) groups is 2. The zero-order valence-electron chi connectivity index (χ0n) is 10.6. The van der Waals surface area contributed by atoms with Crippen LogP contribution in [0.5, 0.6) is 0 Å². The first-order valence-corrected chi connectivity index (χ1v) is 7.30. The van der Waals surface area contributed by atoms with E-state index in [0.717, 1.165) is 4.90 Å². The fraction of sp³-hybridized carbons (Fsp3) is 0.500. The van der Waals surface area contributed by atoms with Crippen molar-refractivity contribution in [3.8, 4) is 0 Å². The summed E-state index contributed by atoms with van der Waals surface area (Å²) in [6.45, 7) is -0.137. The largest absolute Gasteiger partial charge is 0.439 e. The van der Waals surface area contributed by atoms with Crippen molar-refractivity contribution in [1.82, 2.24) is 18.8 Å². The third kappa shape index (κ3) is 1.88. The fourth-order valence-corrected chi connectivity index (χ4v) is 3.63. The highest BCUT2D eigenvalue weighted by Crippen LogP contribution is 2.25. The van der Waals surface area contributed by atoms with Crippen LogP contribution in [-0.4, -0.2) is 64.9 Å². The van der Waals surface area contributed by atoms with Gasteiger partial charge in [0, 0.05) is 26.3 Å². The molecule has 0 N–H and O–H groups in total. The van der Waals surface area contributed by atoms with Crippen molar-refractivity contribution in [2.24, 2.45) is 7.05 Å². The number of nitrogens with zero attached hydrogens (tertiary/aromatic N) is 4. The average molecular weight is 300 g/mol. The Balaban J connectivity index is 1.71. The van der Waals surface area contributed by atoms with Crippen molar-refractivity contribution in [3.05, 3.63) is 12.5 Å². The van der Waals surface area contributed by atoms with Crippen molar-refractivity contribution < 1.29 is 22.7 Å². The zero-order valence-corrected chi connectivity index (χ0v) is 11.4. The highest BCUT2D eigenvalue weighted by Gasteiger charge is 2.47. The molecule has 1 aromatic rings. The van der Waals surface area contributed by atoms with Gasteiger partial charge in [-0.2, -0.15) is 4.31 Å². The number of hydrogen-bond donors (Lipinski definition) is 0. The molecule has 0 atom stereocenters. The second kappa shape index (κ2) is 4.28. The molecule has 2 aliphatic heterocycles. The number of cyclic esters (lactones) is 1. The van der Waals surface area contributed by atoms with Crippen LogP contribution in [0, 0.1) is 0 Å². The Hall–Kier alpha value is -1.94. The zero-order chi connectivity index (χ0) is 14.5. The molecule has 3 rings (SSSR count). The smallest absolute Gasteiger partial charge is 0.417 e. The number of carbonyl (C=O) groups excluding carboxylic acids is 2. The normalized spacial score (nSPS) is 21.1. The highest BCUT2D eigenvalue weighted by atomic mass is 32.2. The molecule has 2 fully saturated rings. The van der Waals surface area contributed by atoms with Gasteiger partial charge in [0.1, 0.15) is 0 Å². The summed E-state index contributed by atoms with van der Waals surface area (Å²) in [5, 5.41) is -0.0474. The lowest BCUT2D eigenvalue weighted by molar-refractivity contribution is -0.128. The van der Waals surface area contributed by atoms with E-state index in [1.54, 1.807) is 7.05 Å². The molecular weight excluding hydrogens is 288 g/mol. The molecule has 0 radical (unpaired) electrons. The Morgan fingerprint density at radius 1 is 1.35 bits per heavy atom. The van der Waals surface area contributed by atoms with Gasteiger partial charge in [0.15, 0.2) is 11.6 Å². The molecule has 20 heavy (non-hydrogen) atoms. The van der Waals surface area contributed by atoms with Crippen LogP contribution in [0.15, 0.2) is 17.6 Å². The van der Waals surface area contributed by atoms with Crippen LogP contribution in [-0.2, 0) is 26.6 Å². The van der Waals surface area contributed by atoms with Crippen LogP contribution in [0.25, 0.3) is 0 Å². The molecule has 0 bridgehead atoms. The molecule has 2 aliphatic rings. The Labute approximate surface area is 114 Å². The van der Waals surface area contributed by atoms with Crippen molar-refractivity contribution >= 4 is 22.0 Å². The summed E-state index contributed by atoms with van der Waals surface area (Å²) in [4.78, 5) is 27.6. The van der Waals surface area contributed by atoms with Gasteiger partial charge in [-0.25, -0.2) is 23.1 Å². The minimum atomic E-state index is -3.67. The van der Waals surface area contributed by atoms with Gasteiger partial charge in [0.25, 0.3) is 15.9 Å². The van der Waals surface area contributed by atoms with Crippen molar-refractivity contribution in [2.75, 3.05) is 19.7 Å². The first-order valence-electron chi connectivity index (χ1n) is 5.86. The molecule has 2 saturated heterocycles. The summed E-state index contributed by atoms with van der Waals surface area (Å²) >= 11 is 0. The third-order valence-electron chi connectivity index (χ3n) is 3.26. The van der Waals surface area contributed by atoms with Crippen LogP contribution in [0.1, 0.15) is 0 Å². The van der Waals surface area contributed by atoms with Gasteiger partial charge < -0.3 is 9.30 Å². The lowest BCUT2D eigenvalue weighted by Crippen LogP contribution is -2.62. The molecular formula is C10H12N4O5S. The second-order valence-electron chi connectivity index (χ2n) is 4.67. The highest BCUT2D eigenvalue weighted by molar-refractivity contribution is 7.89. The van der Waals surface area contributed by atoms with E-state index in [4.69, 9.17) is 0 Å². The van der Waals surface area contributed by atoms with Crippen molar-refractivity contribution in [3.63, 3.8) is 0 Å². The topological polar surface area (TPSA) is 102 Å². The molecule has 0 unspecified atom stereocenters. The summed E-state index contributed by atoms with van der Waals surface area (Å²) in [5.41, 5.74) is 0. The van der Waals surface area contributed by atoms with Crippen molar-refractivity contribution in [2.45, 2.75) is 11.1 Å². The fourth-order valence-electron chi connectivity index (χ4n) is 2.15. The number of amides is 2. The van der Waals surface area contributed by atoms with Crippen LogP contribution in [0.3, 0.4) is 0 Å². The average Bonchev–Trinajstić information content (AvgIpc) is 2.88. The van der Waals surface area contributed by atoms with Crippen LogP contribution < -0.4 is 0 Å². The summed E-state index contributed by atoms with van der Waals surface area (Å²) in [6, 6.07) is -0.462. The van der Waals surface area contributed by atoms with E-state index >= 15 is 0 Å². The SMILES string of the molecule is Cn1cnc(S(=O)(=O)N2CC(N3C(=O)COC3=O)C2)c1. The van der Waals surface area contributed by atoms with E-state index in [9.17, 15) is 18.0 Å². The maximum absolute atomic E-state index is 12.2. The van der Waals surface area contributed by atoms with E-state index in [-0.39, 0.29) is 24.7 Å². The molecule has 1 aromatic heterocycles. The molecule has 0 spiro atoms. The van der Waals surface area contributed by atoms with E-state index in [2.05, 4.69) is 9.72 Å². The molecule has 0 aliphatic carbocycles. The van der Waals surface area contributed by atoms with Crippen LogP contribution >= 0.6 is 0 Å². The maximum atomic E-state index is 12.2. The van der Waals surface area contributed by atoms with Gasteiger partial charge in [-0.15, -0.1) is 0 Å². The molecule has 108 valence electrons. The van der Waals surface area contributed by atoms with Crippen molar-refractivity contribution in [1.29, 1.82) is 0 Å². The number of ether oxygens (including phenoxy) is 1. The summed E-state index contributed by atoms with van der Waals surface area (Å²) in [5.74, 6) is -0.435. The third-order valence-corrected chi connectivity index (χ3v) is 4.98. The monoisotopic (exact) mass is 300 g/mol. The van der Waals surface area contributed by atoms with Gasteiger partial charge in [-0.1, -0.05) is 0 Å². The Kier molecular flexibility index (Phi) is 2.80. The second-order valence-corrected chi connectivity index (χ2v) is 6.56. The summed E-state index contributed by atoms with van der Waals surface area (Å²) in [6.07, 6.45) is 2.08. The predicted octanol–water partition coefficient (Wildman–Crippen LogP) is -1.23. The standard InChI is InChI=1S/C10H12N4O5S/c1-12-4-8(11-6-12)20(17,18)13-2-7(3-13)14-9(15)5-19-10(14)16/h4,6-7H,2-3,5H2,1H3. The van der Waals surface area contributed by atoms with Gasteiger partial charge in [-0.3, -0.25) is 4.79 Å². The summed E-state index contributed by atoms with van der Waals surface area (Å²) < 4.78 is 31.7. The number of aryl methyl sites for hydroxylation is 1. The predicted molar refractivity (Wildman–Crippen MR) is 63.9 cm³/mol.